The van der Waals surface area contributed by atoms with Crippen LogP contribution in [0.4, 0.5) is 4.79 Å². The van der Waals surface area contributed by atoms with Crippen LogP contribution in [0.5, 0.6) is 0 Å². The van der Waals surface area contributed by atoms with Crippen LogP contribution in [0.1, 0.15) is 45.4 Å². The molecule has 3 bridgehead atoms. The Morgan fingerprint density at radius 1 is 1.33 bits per heavy atom. The largest absolute Gasteiger partial charge is 0.450 e. The molecular weight excluding hydrogens is 268 g/mol. The van der Waals surface area contributed by atoms with Crippen LogP contribution in [0.25, 0.3) is 0 Å². The molecule has 116 valence electrons. The number of rotatable bonds is 2. The number of hydrogen-bond acceptors (Lipinski definition) is 4. The summed E-state index contributed by atoms with van der Waals surface area (Å²) >= 11 is 0. The molecule has 1 saturated carbocycles. The summed E-state index contributed by atoms with van der Waals surface area (Å²) in [5, 5.41) is 3.85. The molecule has 4 unspecified atom stereocenters. The number of amides is 1. The van der Waals surface area contributed by atoms with Crippen LogP contribution in [0.15, 0.2) is 0 Å². The second kappa shape index (κ2) is 4.13. The zero-order chi connectivity index (χ0) is 14.2. The quantitative estimate of drug-likeness (QED) is 0.789. The number of carbonyl (C=O) groups is 1. The van der Waals surface area contributed by atoms with Crippen molar-refractivity contribution in [3.8, 4) is 0 Å². The van der Waals surface area contributed by atoms with Crippen LogP contribution in [-0.4, -0.2) is 47.6 Å². The first kappa shape index (κ1) is 12.7. The van der Waals surface area contributed by atoms with Crippen LogP contribution in [0.2, 0.25) is 0 Å². The van der Waals surface area contributed by atoms with Gasteiger partial charge in [0.25, 0.3) is 0 Å². The molecule has 5 nitrogen and oxygen atoms in total. The molecule has 0 aromatic rings. The summed E-state index contributed by atoms with van der Waals surface area (Å²) in [4.78, 5) is 14.2. The molecule has 5 heteroatoms. The molecule has 4 aliphatic heterocycles. The lowest BCUT2D eigenvalue weighted by atomic mass is 9.75. The Labute approximate surface area is 125 Å². The summed E-state index contributed by atoms with van der Waals surface area (Å²) in [6.07, 6.45) is 7.77. The smallest absolute Gasteiger partial charge is 0.410 e. The molecule has 1 aliphatic carbocycles. The zero-order valence-corrected chi connectivity index (χ0v) is 12.6. The van der Waals surface area contributed by atoms with Crippen molar-refractivity contribution in [2.45, 2.75) is 75.4 Å². The van der Waals surface area contributed by atoms with Gasteiger partial charge in [-0.05, 0) is 44.4 Å². The van der Waals surface area contributed by atoms with E-state index in [1.54, 1.807) is 0 Å². The Morgan fingerprint density at radius 3 is 2.90 bits per heavy atom. The maximum atomic E-state index is 12.3. The molecule has 4 heterocycles. The number of nitrogens with one attached hydrogen (secondary N) is 1. The van der Waals surface area contributed by atoms with Crippen molar-refractivity contribution >= 4 is 6.09 Å². The first-order valence-corrected chi connectivity index (χ1v) is 8.65. The first-order valence-electron chi connectivity index (χ1n) is 8.65. The molecule has 4 saturated heterocycles. The molecule has 0 radical (unpaired) electrons. The van der Waals surface area contributed by atoms with Gasteiger partial charge in [0.1, 0.15) is 6.10 Å². The summed E-state index contributed by atoms with van der Waals surface area (Å²) in [6, 6.07) is 1.05. The van der Waals surface area contributed by atoms with Crippen molar-refractivity contribution in [3.63, 3.8) is 0 Å². The number of epoxide rings is 1. The van der Waals surface area contributed by atoms with Crippen molar-refractivity contribution in [1.82, 2.24) is 10.2 Å². The number of hydrogen-bond donors (Lipinski definition) is 1. The normalized spacial score (nSPS) is 50.3. The van der Waals surface area contributed by atoms with Gasteiger partial charge in [-0.2, -0.15) is 0 Å². The molecule has 6 atom stereocenters. The molecule has 1 amide bonds. The van der Waals surface area contributed by atoms with Crippen molar-refractivity contribution in [2.75, 3.05) is 6.61 Å². The van der Waals surface area contributed by atoms with E-state index in [1.165, 1.54) is 25.7 Å². The molecule has 0 aromatic heterocycles. The monoisotopic (exact) mass is 292 g/mol. The summed E-state index contributed by atoms with van der Waals surface area (Å²) < 4.78 is 11.3. The van der Waals surface area contributed by atoms with Gasteiger partial charge in [0.2, 0.25) is 0 Å². The van der Waals surface area contributed by atoms with E-state index in [4.69, 9.17) is 9.47 Å². The summed E-state index contributed by atoms with van der Waals surface area (Å²) in [5.41, 5.74) is -0.225. The van der Waals surface area contributed by atoms with Gasteiger partial charge < -0.3 is 9.47 Å². The third-order valence-electron chi connectivity index (χ3n) is 6.58. The summed E-state index contributed by atoms with van der Waals surface area (Å²) in [7, 11) is 0. The van der Waals surface area contributed by atoms with Crippen LogP contribution >= 0.6 is 0 Å². The fourth-order valence-electron chi connectivity index (χ4n) is 5.77. The van der Waals surface area contributed by atoms with Crippen molar-refractivity contribution < 1.29 is 14.3 Å². The van der Waals surface area contributed by atoms with Crippen LogP contribution in [-0.2, 0) is 9.47 Å². The van der Waals surface area contributed by atoms with Gasteiger partial charge >= 0.3 is 6.09 Å². The standard InChI is InChI=1S/C16H24N2O3/c1-2-20-15(19)18-11-7-10-8-12(18)16(14(11)21-16)17-13(10)9-5-3-4-6-9/h9-14,17H,2-8H2,1H3/t10?,11?,12?,13?,14-,16+/m0/s1. The summed E-state index contributed by atoms with van der Waals surface area (Å²) in [5.74, 6) is 1.54. The minimum atomic E-state index is -0.225. The molecule has 21 heavy (non-hydrogen) atoms. The predicted octanol–water partition coefficient (Wildman–Crippen LogP) is 1.86. The minimum Gasteiger partial charge on any atom is -0.450 e. The minimum absolute atomic E-state index is 0.137. The van der Waals surface area contributed by atoms with E-state index in [1.807, 2.05) is 11.8 Å². The highest BCUT2D eigenvalue weighted by molar-refractivity contribution is 5.70. The van der Waals surface area contributed by atoms with Crippen molar-refractivity contribution in [1.29, 1.82) is 0 Å². The topological polar surface area (TPSA) is 54.1 Å². The van der Waals surface area contributed by atoms with Crippen molar-refractivity contribution in [2.24, 2.45) is 11.8 Å². The van der Waals surface area contributed by atoms with E-state index in [2.05, 4.69) is 5.32 Å². The number of carbonyl (C=O) groups excluding carboxylic acids is 1. The van der Waals surface area contributed by atoms with Gasteiger partial charge in [-0.1, -0.05) is 12.8 Å². The lowest BCUT2D eigenvalue weighted by Crippen LogP contribution is -2.65. The molecule has 1 spiro atoms. The average molecular weight is 292 g/mol. The Morgan fingerprint density at radius 2 is 2.14 bits per heavy atom. The molecule has 5 fully saturated rings. The number of ether oxygens (including phenoxy) is 2. The Kier molecular flexibility index (Phi) is 2.50. The average Bonchev–Trinajstić information content (AvgIpc) is 2.89. The highest BCUT2D eigenvalue weighted by Crippen LogP contribution is 2.61. The van der Waals surface area contributed by atoms with Gasteiger partial charge in [-0.15, -0.1) is 0 Å². The van der Waals surface area contributed by atoms with Gasteiger partial charge in [-0.25, -0.2) is 4.79 Å². The number of piperidine rings is 2. The highest BCUT2D eigenvalue weighted by atomic mass is 16.6. The van der Waals surface area contributed by atoms with Crippen LogP contribution in [0, 0.1) is 11.8 Å². The Bertz CT molecular complexity index is 476. The predicted molar refractivity (Wildman–Crippen MR) is 75.6 cm³/mol. The summed E-state index contributed by atoms with van der Waals surface area (Å²) in [6.45, 7) is 2.33. The van der Waals surface area contributed by atoms with E-state index in [-0.39, 0.29) is 30.0 Å². The van der Waals surface area contributed by atoms with Crippen molar-refractivity contribution in [3.05, 3.63) is 0 Å². The van der Waals surface area contributed by atoms with Gasteiger partial charge in [0.15, 0.2) is 5.72 Å². The maximum Gasteiger partial charge on any atom is 0.410 e. The first-order chi connectivity index (χ1) is 10.2. The second-order valence-electron chi connectivity index (χ2n) is 7.47. The SMILES string of the molecule is CCOC(=O)N1C2CC3CC1[C@@]1(NC3C3CCCC3)O[C@@H]21. The molecule has 1 N–H and O–H groups in total. The maximum absolute atomic E-state index is 12.3. The lowest BCUT2D eigenvalue weighted by Gasteiger charge is -2.49. The molecule has 5 rings (SSSR count). The van der Waals surface area contributed by atoms with Crippen LogP contribution < -0.4 is 5.32 Å². The van der Waals surface area contributed by atoms with E-state index in [0.717, 1.165) is 24.7 Å². The Hall–Kier alpha value is -0.810. The van der Waals surface area contributed by atoms with Gasteiger partial charge in [0, 0.05) is 6.04 Å². The zero-order valence-electron chi connectivity index (χ0n) is 12.6. The third kappa shape index (κ3) is 1.51. The molecular formula is C16H24N2O3. The van der Waals surface area contributed by atoms with E-state index < -0.39 is 0 Å². The van der Waals surface area contributed by atoms with Crippen LogP contribution in [0.3, 0.4) is 0 Å². The van der Waals surface area contributed by atoms with E-state index >= 15 is 0 Å². The molecule has 0 aromatic carbocycles. The number of nitrogens with zero attached hydrogens (tertiary/aromatic N) is 1. The fraction of sp³-hybridized carbons (Fsp3) is 0.938. The lowest BCUT2D eigenvalue weighted by molar-refractivity contribution is -0.0511. The Balaban J connectivity index is 1.42. The van der Waals surface area contributed by atoms with Gasteiger partial charge in [-0.3, -0.25) is 10.2 Å². The number of fused-ring (bicyclic) bond motifs is 3. The van der Waals surface area contributed by atoms with E-state index in [0.29, 0.717) is 12.6 Å². The number of morpholine rings is 1. The highest BCUT2D eigenvalue weighted by Gasteiger charge is 2.79. The fourth-order valence-corrected chi connectivity index (χ4v) is 5.77. The van der Waals surface area contributed by atoms with E-state index in [9.17, 15) is 4.79 Å². The molecule has 5 aliphatic rings. The van der Waals surface area contributed by atoms with Gasteiger partial charge in [0.05, 0.1) is 18.7 Å². The second-order valence-corrected chi connectivity index (χ2v) is 7.47. The third-order valence-corrected chi connectivity index (χ3v) is 6.58.